The summed E-state index contributed by atoms with van der Waals surface area (Å²) in [6.07, 6.45) is 0. The van der Waals surface area contributed by atoms with Crippen molar-refractivity contribution in [2.75, 3.05) is 0 Å². The summed E-state index contributed by atoms with van der Waals surface area (Å²) in [5.41, 5.74) is 4.27. The van der Waals surface area contributed by atoms with Crippen LogP contribution >= 0.6 is 0 Å². The molecule has 0 saturated carbocycles. The summed E-state index contributed by atoms with van der Waals surface area (Å²) in [5, 5.41) is 22.2. The van der Waals surface area contributed by atoms with Crippen LogP contribution in [-0.4, -0.2) is 0 Å². The van der Waals surface area contributed by atoms with E-state index in [0.29, 0.717) is 11.1 Å². The lowest BCUT2D eigenvalue weighted by molar-refractivity contribution is 0.638. The fourth-order valence-electron chi connectivity index (χ4n) is 2.85. The minimum absolute atomic E-state index is 0.600. The van der Waals surface area contributed by atoms with E-state index < -0.39 is 5.41 Å². The van der Waals surface area contributed by atoms with Gasteiger partial charge in [-0.3, -0.25) is 0 Å². The molecule has 0 saturated heterocycles. The number of dihydropyridines is 1. The van der Waals surface area contributed by atoms with Crippen molar-refractivity contribution in [2.24, 2.45) is 0 Å². The molecule has 1 N–H and O–H groups in total. The monoisotopic (exact) mass is 263 g/mol. The minimum Gasteiger partial charge on any atom is -0.361 e. The van der Waals surface area contributed by atoms with Crippen LogP contribution in [-0.2, 0) is 5.41 Å². The second-order valence-corrected chi connectivity index (χ2v) is 5.34. The van der Waals surface area contributed by atoms with Crippen molar-refractivity contribution in [2.45, 2.75) is 33.1 Å². The quantitative estimate of drug-likeness (QED) is 0.844. The van der Waals surface area contributed by atoms with Gasteiger partial charge < -0.3 is 5.32 Å². The lowest BCUT2D eigenvalue weighted by Gasteiger charge is -2.35. The Morgan fingerprint density at radius 2 is 1.35 bits per heavy atom. The molecule has 1 aromatic carbocycles. The molecule has 0 aromatic heterocycles. The van der Waals surface area contributed by atoms with Gasteiger partial charge in [0.1, 0.15) is 0 Å². The number of rotatable bonds is 1. The van der Waals surface area contributed by atoms with E-state index in [1.165, 1.54) is 0 Å². The van der Waals surface area contributed by atoms with Crippen LogP contribution in [0.5, 0.6) is 0 Å². The molecule has 0 fully saturated rings. The van der Waals surface area contributed by atoms with Crippen LogP contribution in [0.4, 0.5) is 0 Å². The summed E-state index contributed by atoms with van der Waals surface area (Å²) in [7, 11) is 0. The summed E-state index contributed by atoms with van der Waals surface area (Å²) in [6.45, 7) is 7.72. The Morgan fingerprint density at radius 3 is 1.75 bits per heavy atom. The lowest BCUT2D eigenvalue weighted by atomic mass is 9.68. The van der Waals surface area contributed by atoms with Gasteiger partial charge in [-0.2, -0.15) is 10.5 Å². The Morgan fingerprint density at radius 1 is 0.900 bits per heavy atom. The van der Waals surface area contributed by atoms with Crippen LogP contribution in [0.1, 0.15) is 31.9 Å². The first-order valence-electron chi connectivity index (χ1n) is 6.52. The third kappa shape index (κ3) is 1.89. The minimum atomic E-state index is -0.684. The maximum Gasteiger partial charge on any atom is 0.0978 e. The van der Waals surface area contributed by atoms with Gasteiger partial charge in [-0.15, -0.1) is 0 Å². The Bertz CT molecular complexity index is 655. The van der Waals surface area contributed by atoms with Crippen molar-refractivity contribution < 1.29 is 0 Å². The highest BCUT2D eigenvalue weighted by Crippen LogP contribution is 2.43. The summed E-state index contributed by atoms with van der Waals surface area (Å²) in [6, 6.07) is 12.6. The van der Waals surface area contributed by atoms with Crippen LogP contribution in [0, 0.1) is 29.6 Å². The number of hydrogen-bond donors (Lipinski definition) is 1. The molecule has 1 aliphatic rings. The van der Waals surface area contributed by atoms with Crippen molar-refractivity contribution in [1.82, 2.24) is 5.32 Å². The van der Waals surface area contributed by atoms with Crippen molar-refractivity contribution in [3.05, 3.63) is 57.9 Å². The Kier molecular flexibility index (Phi) is 3.38. The molecular weight excluding hydrogens is 246 g/mol. The number of nitrogens with one attached hydrogen (secondary N) is 1. The maximum absolute atomic E-state index is 9.53. The van der Waals surface area contributed by atoms with Crippen LogP contribution in [0.3, 0.4) is 0 Å². The van der Waals surface area contributed by atoms with Crippen molar-refractivity contribution in [3.63, 3.8) is 0 Å². The summed E-state index contributed by atoms with van der Waals surface area (Å²) < 4.78 is 0. The normalized spacial score (nSPS) is 17.3. The fourth-order valence-corrected chi connectivity index (χ4v) is 2.85. The van der Waals surface area contributed by atoms with Crippen LogP contribution in [0.25, 0.3) is 0 Å². The zero-order chi connectivity index (χ0) is 14.9. The van der Waals surface area contributed by atoms with Gasteiger partial charge in [0.25, 0.3) is 0 Å². The molecule has 2 rings (SSSR count). The number of nitrogens with zero attached hydrogens (tertiary/aromatic N) is 2. The molecule has 0 bridgehead atoms. The number of aryl methyl sites for hydroxylation is 1. The van der Waals surface area contributed by atoms with E-state index in [4.69, 9.17) is 0 Å². The van der Waals surface area contributed by atoms with Gasteiger partial charge in [-0.05, 0) is 33.3 Å². The largest absolute Gasteiger partial charge is 0.361 e. The topological polar surface area (TPSA) is 59.6 Å². The molecule has 0 atom stereocenters. The molecule has 3 nitrogen and oxygen atoms in total. The highest BCUT2D eigenvalue weighted by molar-refractivity contribution is 5.60. The van der Waals surface area contributed by atoms with Gasteiger partial charge in [0.15, 0.2) is 0 Å². The average Bonchev–Trinajstić information content (AvgIpc) is 2.39. The molecule has 100 valence electrons. The van der Waals surface area contributed by atoms with Crippen LogP contribution in [0.15, 0.2) is 46.8 Å². The molecule has 1 aliphatic heterocycles. The summed E-state index contributed by atoms with van der Waals surface area (Å²) in [4.78, 5) is 0. The van der Waals surface area contributed by atoms with E-state index in [2.05, 4.69) is 17.5 Å². The van der Waals surface area contributed by atoms with E-state index in [-0.39, 0.29) is 0 Å². The molecule has 3 heteroatoms. The Hall–Kier alpha value is -2.52. The zero-order valence-electron chi connectivity index (χ0n) is 12.2. The first kappa shape index (κ1) is 13.9. The van der Waals surface area contributed by atoms with E-state index in [1.807, 2.05) is 52.0 Å². The molecule has 1 aromatic rings. The van der Waals surface area contributed by atoms with Gasteiger partial charge >= 0.3 is 0 Å². The smallest absolute Gasteiger partial charge is 0.0978 e. The lowest BCUT2D eigenvalue weighted by Crippen LogP contribution is -2.36. The Labute approximate surface area is 119 Å². The van der Waals surface area contributed by atoms with E-state index in [1.54, 1.807) is 0 Å². The summed E-state index contributed by atoms with van der Waals surface area (Å²) in [5.74, 6) is 0. The number of allylic oxidation sites excluding steroid dienone is 4. The van der Waals surface area contributed by atoms with Crippen molar-refractivity contribution in [1.29, 1.82) is 10.5 Å². The molecular formula is C17H17N3. The van der Waals surface area contributed by atoms with Crippen molar-refractivity contribution in [3.8, 4) is 12.1 Å². The highest BCUT2D eigenvalue weighted by atomic mass is 14.9. The second kappa shape index (κ2) is 4.87. The second-order valence-electron chi connectivity index (χ2n) is 5.34. The standard InChI is InChI=1S/C17H17N3/c1-11-5-7-14(8-6-11)17(4)15(9-18)12(2)20-13(3)16(17)10-19/h5-8,20H,1-4H3. The first-order valence-corrected chi connectivity index (χ1v) is 6.52. The number of benzene rings is 1. The maximum atomic E-state index is 9.53. The Balaban J connectivity index is 2.76. The highest BCUT2D eigenvalue weighted by Gasteiger charge is 2.41. The van der Waals surface area contributed by atoms with E-state index in [9.17, 15) is 10.5 Å². The number of nitriles is 2. The zero-order valence-corrected chi connectivity index (χ0v) is 12.2. The third-order valence-corrected chi connectivity index (χ3v) is 3.98. The van der Waals surface area contributed by atoms with Gasteiger partial charge in [0.05, 0.1) is 28.7 Å². The predicted octanol–water partition coefficient (Wildman–Crippen LogP) is 3.45. The van der Waals surface area contributed by atoms with Crippen LogP contribution in [0.2, 0.25) is 0 Å². The number of hydrogen-bond acceptors (Lipinski definition) is 3. The molecule has 0 amide bonds. The molecule has 0 aliphatic carbocycles. The molecule has 0 radical (unpaired) electrons. The average molecular weight is 263 g/mol. The van der Waals surface area contributed by atoms with Gasteiger partial charge in [-0.1, -0.05) is 29.8 Å². The SMILES string of the molecule is CC1=C(C#N)C(C)(c2ccc(C)cc2)C(C#N)=C(C)N1. The van der Waals surface area contributed by atoms with Gasteiger partial charge in [-0.25, -0.2) is 0 Å². The molecule has 1 heterocycles. The fraction of sp³-hybridized carbons (Fsp3) is 0.294. The predicted molar refractivity (Wildman–Crippen MR) is 78.3 cm³/mol. The molecule has 0 spiro atoms. The first-order chi connectivity index (χ1) is 9.44. The van der Waals surface area contributed by atoms with Gasteiger partial charge in [0, 0.05) is 11.4 Å². The van der Waals surface area contributed by atoms with E-state index >= 15 is 0 Å². The van der Waals surface area contributed by atoms with Crippen LogP contribution < -0.4 is 5.32 Å². The third-order valence-electron chi connectivity index (χ3n) is 3.98. The molecule has 20 heavy (non-hydrogen) atoms. The van der Waals surface area contributed by atoms with Gasteiger partial charge in [0.2, 0.25) is 0 Å². The van der Waals surface area contributed by atoms with E-state index in [0.717, 1.165) is 22.5 Å². The molecule has 0 unspecified atom stereocenters. The van der Waals surface area contributed by atoms with Crippen molar-refractivity contribution >= 4 is 0 Å². The summed E-state index contributed by atoms with van der Waals surface area (Å²) >= 11 is 0.